The Morgan fingerprint density at radius 3 is 2.63 bits per heavy atom. The predicted octanol–water partition coefficient (Wildman–Crippen LogP) is 3.16. The fourth-order valence-corrected chi connectivity index (χ4v) is 1.73. The topological polar surface area (TPSA) is 34.2 Å². The van der Waals surface area contributed by atoms with Gasteiger partial charge in [0.1, 0.15) is 6.61 Å². The molecule has 0 fully saturated rings. The molecule has 100 valence electrons. The molecule has 0 unspecified atom stereocenters. The summed E-state index contributed by atoms with van der Waals surface area (Å²) in [5.74, 6) is 0.708. The first kappa shape index (κ1) is 13.6. The molecule has 0 saturated heterocycles. The minimum Gasteiger partial charge on any atom is -0.473 e. The molecule has 0 saturated carbocycles. The zero-order valence-corrected chi connectivity index (χ0v) is 11.5. The zero-order chi connectivity index (χ0) is 13.5. The van der Waals surface area contributed by atoms with Gasteiger partial charge in [-0.25, -0.2) is 4.98 Å². The molecule has 0 radical (unpaired) electrons. The van der Waals surface area contributed by atoms with Gasteiger partial charge in [0.25, 0.3) is 0 Å². The highest BCUT2D eigenvalue weighted by atomic mass is 16.5. The van der Waals surface area contributed by atoms with Gasteiger partial charge in [-0.2, -0.15) is 0 Å². The van der Waals surface area contributed by atoms with Gasteiger partial charge in [-0.05, 0) is 11.6 Å². The molecule has 0 aliphatic heterocycles. The summed E-state index contributed by atoms with van der Waals surface area (Å²) in [6, 6.07) is 14.6. The van der Waals surface area contributed by atoms with Crippen LogP contribution in [0, 0.1) is 0 Å². The quantitative estimate of drug-likeness (QED) is 0.862. The van der Waals surface area contributed by atoms with E-state index >= 15 is 0 Å². The standard InChI is InChI=1S/C16H20N2O/c1-13(2)18-11-15-9-6-10-17-16(15)19-12-14-7-4-3-5-8-14/h3-10,13,18H,11-12H2,1-2H3. The van der Waals surface area contributed by atoms with Crippen LogP contribution in [0.1, 0.15) is 25.0 Å². The van der Waals surface area contributed by atoms with Crippen molar-refractivity contribution in [3.8, 4) is 5.88 Å². The van der Waals surface area contributed by atoms with E-state index in [1.165, 1.54) is 0 Å². The summed E-state index contributed by atoms with van der Waals surface area (Å²) >= 11 is 0. The van der Waals surface area contributed by atoms with Crippen molar-refractivity contribution in [2.75, 3.05) is 0 Å². The molecular weight excluding hydrogens is 236 g/mol. The highest BCUT2D eigenvalue weighted by molar-refractivity contribution is 5.26. The van der Waals surface area contributed by atoms with E-state index in [0.29, 0.717) is 18.5 Å². The van der Waals surface area contributed by atoms with E-state index in [-0.39, 0.29) is 0 Å². The normalized spacial score (nSPS) is 10.7. The van der Waals surface area contributed by atoms with E-state index in [0.717, 1.165) is 17.7 Å². The molecular formula is C16H20N2O. The van der Waals surface area contributed by atoms with Gasteiger partial charge >= 0.3 is 0 Å². The van der Waals surface area contributed by atoms with E-state index in [4.69, 9.17) is 4.74 Å². The fraction of sp³-hybridized carbons (Fsp3) is 0.312. The van der Waals surface area contributed by atoms with Crippen LogP contribution < -0.4 is 10.1 Å². The van der Waals surface area contributed by atoms with Crippen molar-refractivity contribution in [1.29, 1.82) is 0 Å². The summed E-state index contributed by atoms with van der Waals surface area (Å²) in [5.41, 5.74) is 2.24. The zero-order valence-electron chi connectivity index (χ0n) is 11.5. The van der Waals surface area contributed by atoms with Crippen LogP contribution in [-0.2, 0) is 13.2 Å². The van der Waals surface area contributed by atoms with Crippen LogP contribution in [0.5, 0.6) is 5.88 Å². The molecule has 0 spiro atoms. The Bertz CT molecular complexity index is 497. The van der Waals surface area contributed by atoms with Crippen molar-refractivity contribution in [3.63, 3.8) is 0 Å². The number of hydrogen-bond acceptors (Lipinski definition) is 3. The van der Waals surface area contributed by atoms with Gasteiger partial charge in [0.15, 0.2) is 0 Å². The van der Waals surface area contributed by atoms with E-state index in [9.17, 15) is 0 Å². The van der Waals surface area contributed by atoms with Crippen molar-refractivity contribution < 1.29 is 4.74 Å². The highest BCUT2D eigenvalue weighted by Crippen LogP contribution is 2.16. The van der Waals surface area contributed by atoms with Crippen molar-refractivity contribution in [2.24, 2.45) is 0 Å². The van der Waals surface area contributed by atoms with Gasteiger partial charge in [-0.3, -0.25) is 0 Å². The molecule has 1 aromatic carbocycles. The maximum absolute atomic E-state index is 5.80. The summed E-state index contributed by atoms with van der Waals surface area (Å²) in [4.78, 5) is 4.31. The molecule has 3 nitrogen and oxygen atoms in total. The number of benzene rings is 1. The molecule has 2 aromatic rings. The van der Waals surface area contributed by atoms with Gasteiger partial charge in [0.05, 0.1) is 0 Å². The van der Waals surface area contributed by atoms with Crippen molar-refractivity contribution >= 4 is 0 Å². The summed E-state index contributed by atoms with van der Waals surface area (Å²) < 4.78 is 5.80. The second-order valence-corrected chi connectivity index (χ2v) is 4.78. The summed E-state index contributed by atoms with van der Waals surface area (Å²) in [6.45, 7) is 5.57. The molecule has 0 aliphatic carbocycles. The average Bonchev–Trinajstić information content (AvgIpc) is 2.45. The second kappa shape index (κ2) is 6.90. The lowest BCUT2D eigenvalue weighted by Crippen LogP contribution is -2.22. The Hall–Kier alpha value is -1.87. The van der Waals surface area contributed by atoms with Gasteiger partial charge in [-0.1, -0.05) is 50.2 Å². The van der Waals surface area contributed by atoms with Crippen LogP contribution in [0.25, 0.3) is 0 Å². The van der Waals surface area contributed by atoms with Crippen molar-refractivity contribution in [1.82, 2.24) is 10.3 Å². The minimum atomic E-state index is 0.446. The number of nitrogens with one attached hydrogen (secondary N) is 1. The van der Waals surface area contributed by atoms with E-state index in [2.05, 4.69) is 36.3 Å². The summed E-state index contributed by atoms with van der Waals surface area (Å²) in [7, 11) is 0. The van der Waals surface area contributed by atoms with Crippen LogP contribution in [-0.4, -0.2) is 11.0 Å². The molecule has 19 heavy (non-hydrogen) atoms. The Kier molecular flexibility index (Phi) is 4.93. The summed E-state index contributed by atoms with van der Waals surface area (Å²) in [5, 5.41) is 3.38. The maximum Gasteiger partial charge on any atom is 0.218 e. The van der Waals surface area contributed by atoms with E-state index < -0.39 is 0 Å². The van der Waals surface area contributed by atoms with E-state index in [1.807, 2.05) is 30.3 Å². The summed E-state index contributed by atoms with van der Waals surface area (Å²) in [6.07, 6.45) is 1.76. The lowest BCUT2D eigenvalue weighted by atomic mass is 10.2. The van der Waals surface area contributed by atoms with Crippen LogP contribution in [0.4, 0.5) is 0 Å². The molecule has 1 heterocycles. The highest BCUT2D eigenvalue weighted by Gasteiger charge is 2.05. The van der Waals surface area contributed by atoms with Crippen molar-refractivity contribution in [2.45, 2.75) is 33.0 Å². The lowest BCUT2D eigenvalue weighted by Gasteiger charge is -2.12. The number of pyridine rings is 1. The van der Waals surface area contributed by atoms with Crippen LogP contribution in [0.3, 0.4) is 0 Å². The Labute approximate surface area is 114 Å². The third-order valence-electron chi connectivity index (χ3n) is 2.77. The average molecular weight is 256 g/mol. The number of ether oxygens (including phenoxy) is 1. The Balaban J connectivity index is 1.99. The lowest BCUT2D eigenvalue weighted by molar-refractivity contribution is 0.289. The molecule has 3 heteroatoms. The van der Waals surface area contributed by atoms with Gasteiger partial charge in [0.2, 0.25) is 5.88 Å². The fourth-order valence-electron chi connectivity index (χ4n) is 1.73. The molecule has 2 rings (SSSR count). The minimum absolute atomic E-state index is 0.446. The van der Waals surface area contributed by atoms with Crippen molar-refractivity contribution in [3.05, 3.63) is 59.8 Å². The SMILES string of the molecule is CC(C)NCc1cccnc1OCc1ccccc1. The largest absolute Gasteiger partial charge is 0.473 e. The second-order valence-electron chi connectivity index (χ2n) is 4.78. The van der Waals surface area contributed by atoms with E-state index in [1.54, 1.807) is 6.20 Å². The predicted molar refractivity (Wildman–Crippen MR) is 77.0 cm³/mol. The van der Waals surface area contributed by atoms with Crippen LogP contribution in [0.2, 0.25) is 0 Å². The van der Waals surface area contributed by atoms with Gasteiger partial charge in [-0.15, -0.1) is 0 Å². The molecule has 0 aliphatic rings. The first-order chi connectivity index (χ1) is 9.25. The molecule has 1 N–H and O–H groups in total. The smallest absolute Gasteiger partial charge is 0.218 e. The first-order valence-electron chi connectivity index (χ1n) is 6.59. The van der Waals surface area contributed by atoms with Gasteiger partial charge in [0, 0.05) is 24.3 Å². The Morgan fingerprint density at radius 1 is 1.11 bits per heavy atom. The monoisotopic (exact) mass is 256 g/mol. The number of hydrogen-bond donors (Lipinski definition) is 1. The molecule has 0 amide bonds. The number of rotatable bonds is 6. The molecule has 0 atom stereocenters. The maximum atomic E-state index is 5.80. The molecule has 1 aromatic heterocycles. The third kappa shape index (κ3) is 4.38. The van der Waals surface area contributed by atoms with Crippen LogP contribution in [0.15, 0.2) is 48.7 Å². The Morgan fingerprint density at radius 2 is 1.89 bits per heavy atom. The third-order valence-corrected chi connectivity index (χ3v) is 2.77. The number of aromatic nitrogens is 1. The molecule has 0 bridgehead atoms. The number of nitrogens with zero attached hydrogens (tertiary/aromatic N) is 1. The first-order valence-corrected chi connectivity index (χ1v) is 6.59. The van der Waals surface area contributed by atoms with Gasteiger partial charge < -0.3 is 10.1 Å². The van der Waals surface area contributed by atoms with Crippen LogP contribution >= 0.6 is 0 Å².